The highest BCUT2D eigenvalue weighted by atomic mass is 35.5. The van der Waals surface area contributed by atoms with Crippen molar-refractivity contribution in [1.29, 1.82) is 0 Å². The summed E-state index contributed by atoms with van der Waals surface area (Å²) in [5.41, 5.74) is -0.337. The molecule has 1 rings (SSSR count). The summed E-state index contributed by atoms with van der Waals surface area (Å²) in [6.07, 6.45) is -0.105. The molecule has 0 aliphatic carbocycles. The lowest BCUT2D eigenvalue weighted by atomic mass is 10.1. The molecule has 5 nitrogen and oxygen atoms in total. The van der Waals surface area contributed by atoms with Crippen molar-refractivity contribution in [2.45, 2.75) is 13.3 Å². The number of amides is 2. The molecule has 0 spiro atoms. The molecule has 0 aliphatic rings. The van der Waals surface area contributed by atoms with Gasteiger partial charge in [-0.1, -0.05) is 18.5 Å². The van der Waals surface area contributed by atoms with Gasteiger partial charge in [-0.15, -0.1) is 0 Å². The molecular weight excluding hydrogens is 294 g/mol. The van der Waals surface area contributed by atoms with Crippen LogP contribution in [0.25, 0.3) is 0 Å². The predicted molar refractivity (Wildman–Crippen MR) is 69.8 cm³/mol. The lowest BCUT2D eigenvalue weighted by Gasteiger charge is -2.12. The zero-order valence-electron chi connectivity index (χ0n) is 10.5. The summed E-state index contributed by atoms with van der Waals surface area (Å²) >= 11 is 5.61. The molecule has 1 aromatic carbocycles. The van der Waals surface area contributed by atoms with Gasteiger partial charge in [-0.25, -0.2) is 13.6 Å². The van der Waals surface area contributed by atoms with Crippen molar-refractivity contribution in [2.75, 3.05) is 11.9 Å². The van der Waals surface area contributed by atoms with Gasteiger partial charge in [0.25, 0.3) is 0 Å². The van der Waals surface area contributed by atoms with Crippen molar-refractivity contribution in [1.82, 2.24) is 5.32 Å². The van der Waals surface area contributed by atoms with Crippen molar-refractivity contribution in [3.05, 3.63) is 28.8 Å². The van der Waals surface area contributed by atoms with Gasteiger partial charge in [0.2, 0.25) is 0 Å². The van der Waals surface area contributed by atoms with Crippen molar-refractivity contribution < 1.29 is 23.5 Å². The summed E-state index contributed by atoms with van der Waals surface area (Å²) in [5.74, 6) is -3.11. The van der Waals surface area contributed by atoms with E-state index < -0.39 is 23.6 Å². The molecule has 1 aromatic rings. The first-order chi connectivity index (χ1) is 9.29. The average molecular weight is 307 g/mol. The molecule has 0 heterocycles. The fourth-order valence-corrected chi connectivity index (χ4v) is 1.70. The third-order valence-electron chi connectivity index (χ3n) is 2.38. The van der Waals surface area contributed by atoms with Gasteiger partial charge in [0.1, 0.15) is 5.82 Å². The Morgan fingerprint density at radius 1 is 1.40 bits per heavy atom. The molecule has 2 amide bonds. The number of halogens is 3. The smallest absolute Gasteiger partial charge is 0.319 e. The van der Waals surface area contributed by atoms with Crippen LogP contribution in [0.4, 0.5) is 19.3 Å². The number of carboxylic acids is 1. The molecule has 3 N–H and O–H groups in total. The minimum absolute atomic E-state index is 0.0958. The summed E-state index contributed by atoms with van der Waals surface area (Å²) in [6, 6.07) is 0.705. The number of rotatable bonds is 5. The Hall–Kier alpha value is -1.89. The molecule has 0 aromatic heterocycles. The first kappa shape index (κ1) is 16.2. The zero-order chi connectivity index (χ0) is 15.3. The second-order valence-corrected chi connectivity index (χ2v) is 4.69. The number of benzene rings is 1. The molecule has 8 heteroatoms. The van der Waals surface area contributed by atoms with Gasteiger partial charge >= 0.3 is 12.0 Å². The molecule has 0 aliphatic heterocycles. The van der Waals surface area contributed by atoms with Crippen LogP contribution < -0.4 is 10.6 Å². The lowest BCUT2D eigenvalue weighted by Crippen LogP contribution is -2.33. The third kappa shape index (κ3) is 5.00. The number of hydrogen-bond acceptors (Lipinski definition) is 2. The highest BCUT2D eigenvalue weighted by molar-refractivity contribution is 6.33. The summed E-state index contributed by atoms with van der Waals surface area (Å²) in [5, 5.41) is 12.8. The molecule has 0 bridgehead atoms. The van der Waals surface area contributed by atoms with Crippen LogP contribution in [-0.4, -0.2) is 23.7 Å². The Balaban J connectivity index is 2.57. The second-order valence-electron chi connectivity index (χ2n) is 4.28. The molecule has 20 heavy (non-hydrogen) atoms. The Bertz CT molecular complexity index is 502. The van der Waals surface area contributed by atoms with Gasteiger partial charge in [0, 0.05) is 19.0 Å². The molecule has 1 unspecified atom stereocenters. The fraction of sp³-hybridized carbons (Fsp3) is 0.333. The summed E-state index contributed by atoms with van der Waals surface area (Å²) in [6.45, 7) is 1.73. The van der Waals surface area contributed by atoms with E-state index >= 15 is 0 Å². The largest absolute Gasteiger partial charge is 0.481 e. The molecule has 0 radical (unpaired) electrons. The van der Waals surface area contributed by atoms with E-state index in [0.29, 0.717) is 6.07 Å². The standard InChI is InChI=1S/C12H13ClF2N2O3/c1-6(2-10(18)19)5-16-12(20)17-11-8(13)3-7(14)4-9(11)15/h3-4,6H,2,5H2,1H3,(H,18,19)(H2,16,17,20). The molecular formula is C12H13ClF2N2O3. The van der Waals surface area contributed by atoms with E-state index in [4.69, 9.17) is 16.7 Å². The molecule has 110 valence electrons. The number of carbonyl (C=O) groups is 2. The fourth-order valence-electron chi connectivity index (χ4n) is 1.46. The molecule has 0 fully saturated rings. The normalized spacial score (nSPS) is 11.8. The minimum atomic E-state index is -0.997. The van der Waals surface area contributed by atoms with Gasteiger partial charge < -0.3 is 15.7 Å². The van der Waals surface area contributed by atoms with E-state index in [1.807, 2.05) is 0 Å². The van der Waals surface area contributed by atoms with E-state index in [-0.39, 0.29) is 29.6 Å². The quantitative estimate of drug-likeness (QED) is 0.782. The molecule has 0 saturated heterocycles. The van der Waals surface area contributed by atoms with E-state index in [1.54, 1.807) is 6.92 Å². The summed E-state index contributed by atoms with van der Waals surface area (Å²) in [4.78, 5) is 21.9. The van der Waals surface area contributed by atoms with Crippen LogP contribution >= 0.6 is 11.6 Å². The number of carbonyl (C=O) groups excluding carboxylic acids is 1. The maximum atomic E-state index is 13.4. The maximum absolute atomic E-state index is 13.4. The highest BCUT2D eigenvalue weighted by Gasteiger charge is 2.14. The predicted octanol–water partition coefficient (Wildman–Crippen LogP) is 2.85. The Morgan fingerprint density at radius 2 is 2.05 bits per heavy atom. The van der Waals surface area contributed by atoms with Crippen LogP contribution in [0, 0.1) is 17.6 Å². The van der Waals surface area contributed by atoms with Crippen molar-refractivity contribution in [3.8, 4) is 0 Å². The van der Waals surface area contributed by atoms with E-state index in [9.17, 15) is 18.4 Å². The van der Waals surface area contributed by atoms with Crippen molar-refractivity contribution in [2.24, 2.45) is 5.92 Å². The summed E-state index contributed by atoms with van der Waals surface area (Å²) in [7, 11) is 0. The van der Waals surface area contributed by atoms with Crippen molar-refractivity contribution in [3.63, 3.8) is 0 Å². The molecule has 0 saturated carbocycles. The highest BCUT2D eigenvalue weighted by Crippen LogP contribution is 2.26. The number of aliphatic carboxylic acids is 1. The zero-order valence-corrected chi connectivity index (χ0v) is 11.3. The lowest BCUT2D eigenvalue weighted by molar-refractivity contribution is -0.137. The first-order valence-corrected chi connectivity index (χ1v) is 6.08. The second kappa shape index (κ2) is 7.04. The monoisotopic (exact) mass is 306 g/mol. The van der Waals surface area contributed by atoms with Gasteiger partial charge in [-0.2, -0.15) is 0 Å². The SMILES string of the molecule is CC(CNC(=O)Nc1c(F)cc(F)cc1Cl)CC(=O)O. The van der Waals surface area contributed by atoms with Crippen LogP contribution in [0.15, 0.2) is 12.1 Å². The average Bonchev–Trinajstić information content (AvgIpc) is 2.30. The van der Waals surface area contributed by atoms with Gasteiger partial charge in [-0.3, -0.25) is 4.79 Å². The van der Waals surface area contributed by atoms with Crippen LogP contribution in [0.3, 0.4) is 0 Å². The van der Waals surface area contributed by atoms with E-state index in [0.717, 1.165) is 6.07 Å². The summed E-state index contributed by atoms with van der Waals surface area (Å²) < 4.78 is 26.2. The number of nitrogens with one attached hydrogen (secondary N) is 2. The number of carboxylic acid groups (broad SMARTS) is 1. The Morgan fingerprint density at radius 3 is 2.60 bits per heavy atom. The van der Waals surface area contributed by atoms with Crippen LogP contribution in [0.2, 0.25) is 5.02 Å². The van der Waals surface area contributed by atoms with E-state index in [1.165, 1.54) is 0 Å². The topological polar surface area (TPSA) is 78.4 Å². The number of hydrogen-bond donors (Lipinski definition) is 3. The number of urea groups is 1. The van der Waals surface area contributed by atoms with Crippen LogP contribution in [-0.2, 0) is 4.79 Å². The van der Waals surface area contributed by atoms with Crippen LogP contribution in [0.1, 0.15) is 13.3 Å². The minimum Gasteiger partial charge on any atom is -0.481 e. The van der Waals surface area contributed by atoms with Gasteiger partial charge in [0.05, 0.1) is 10.7 Å². The van der Waals surface area contributed by atoms with Gasteiger partial charge in [-0.05, 0) is 12.0 Å². The van der Waals surface area contributed by atoms with E-state index in [2.05, 4.69) is 10.6 Å². The van der Waals surface area contributed by atoms with Crippen molar-refractivity contribution >= 4 is 29.3 Å². The third-order valence-corrected chi connectivity index (χ3v) is 2.68. The maximum Gasteiger partial charge on any atom is 0.319 e. The van der Waals surface area contributed by atoms with Crippen LogP contribution in [0.5, 0.6) is 0 Å². The Kier molecular flexibility index (Phi) is 5.69. The first-order valence-electron chi connectivity index (χ1n) is 5.70. The Labute approximate surface area is 118 Å². The molecule has 1 atom stereocenters. The van der Waals surface area contributed by atoms with Gasteiger partial charge in [0.15, 0.2) is 5.82 Å². The number of anilines is 1.